The number of carbonyl (C=O) groups excluding carboxylic acids is 1. The van der Waals surface area contributed by atoms with Crippen LogP contribution >= 0.6 is 8.58 Å². The first kappa shape index (κ1) is 15.5. The third kappa shape index (κ3) is 4.88. The Kier molecular flexibility index (Phi) is 5.17. The van der Waals surface area contributed by atoms with Crippen LogP contribution in [-0.2, 0) is 16.1 Å². The Hall–Kier alpha value is -0.920. The third-order valence-electron chi connectivity index (χ3n) is 3.20. The summed E-state index contributed by atoms with van der Waals surface area (Å²) in [5.74, 6) is -0.0337. The van der Waals surface area contributed by atoms with Gasteiger partial charge >= 0.3 is 5.97 Å². The maximum atomic E-state index is 12.2. The van der Waals surface area contributed by atoms with Crippen molar-refractivity contribution in [3.63, 3.8) is 0 Å². The Morgan fingerprint density at radius 3 is 2.70 bits per heavy atom. The van der Waals surface area contributed by atoms with Gasteiger partial charge in [0.2, 0.25) is 0 Å². The van der Waals surface area contributed by atoms with E-state index in [2.05, 4.69) is 29.2 Å². The summed E-state index contributed by atoms with van der Waals surface area (Å²) in [4.78, 5) is 14.5. The molecule has 2 rings (SSSR count). The SMILES string of the molecule is CC(C)(C)OC(=O)C1CN(Cc2ccccc2)CCP1. The van der Waals surface area contributed by atoms with Crippen molar-refractivity contribution in [2.75, 3.05) is 19.3 Å². The summed E-state index contributed by atoms with van der Waals surface area (Å²) in [6.07, 6.45) is 1.09. The van der Waals surface area contributed by atoms with Gasteiger partial charge in [-0.3, -0.25) is 9.69 Å². The molecule has 1 aromatic rings. The molecule has 4 heteroatoms. The van der Waals surface area contributed by atoms with Crippen molar-refractivity contribution in [1.29, 1.82) is 0 Å². The maximum absolute atomic E-state index is 12.2. The summed E-state index contributed by atoms with van der Waals surface area (Å²) >= 11 is 0. The Morgan fingerprint density at radius 2 is 2.05 bits per heavy atom. The summed E-state index contributed by atoms with van der Waals surface area (Å²) < 4.78 is 5.52. The zero-order valence-corrected chi connectivity index (χ0v) is 13.6. The molecule has 1 aliphatic rings. The van der Waals surface area contributed by atoms with E-state index in [4.69, 9.17) is 4.74 Å². The summed E-state index contributed by atoms with van der Waals surface area (Å²) in [6, 6.07) is 10.4. The number of hydrogen-bond donors (Lipinski definition) is 0. The highest BCUT2D eigenvalue weighted by Crippen LogP contribution is 2.28. The first-order valence-electron chi connectivity index (χ1n) is 7.16. The van der Waals surface area contributed by atoms with Crippen LogP contribution in [0.1, 0.15) is 26.3 Å². The molecule has 2 atom stereocenters. The quantitative estimate of drug-likeness (QED) is 0.634. The molecule has 1 heterocycles. The number of nitrogens with zero attached hydrogens (tertiary/aromatic N) is 1. The molecule has 2 unspecified atom stereocenters. The Bertz CT molecular complexity index is 442. The summed E-state index contributed by atoms with van der Waals surface area (Å²) in [7, 11) is 0.689. The lowest BCUT2D eigenvalue weighted by atomic mass is 10.2. The van der Waals surface area contributed by atoms with E-state index in [9.17, 15) is 4.79 Å². The predicted molar refractivity (Wildman–Crippen MR) is 84.5 cm³/mol. The molecule has 110 valence electrons. The van der Waals surface area contributed by atoms with Gasteiger partial charge in [0.15, 0.2) is 0 Å². The average Bonchev–Trinajstić information content (AvgIpc) is 2.38. The molecule has 1 aromatic carbocycles. The van der Waals surface area contributed by atoms with Crippen LogP contribution in [0.15, 0.2) is 30.3 Å². The monoisotopic (exact) mass is 293 g/mol. The smallest absolute Gasteiger partial charge is 0.314 e. The van der Waals surface area contributed by atoms with Crippen LogP contribution in [0.4, 0.5) is 0 Å². The summed E-state index contributed by atoms with van der Waals surface area (Å²) in [5.41, 5.74) is 0.968. The molecule has 3 nitrogen and oxygen atoms in total. The Morgan fingerprint density at radius 1 is 1.35 bits per heavy atom. The van der Waals surface area contributed by atoms with Crippen LogP contribution in [0, 0.1) is 0 Å². The number of hydrogen-bond acceptors (Lipinski definition) is 3. The van der Waals surface area contributed by atoms with Gasteiger partial charge in [-0.25, -0.2) is 0 Å². The molecule has 1 saturated heterocycles. The second-order valence-electron chi connectivity index (χ2n) is 6.26. The van der Waals surface area contributed by atoms with Crippen LogP contribution in [0.3, 0.4) is 0 Å². The average molecular weight is 293 g/mol. The molecular formula is C16H24NO2P. The van der Waals surface area contributed by atoms with E-state index in [1.54, 1.807) is 0 Å². The van der Waals surface area contributed by atoms with Crippen LogP contribution in [0.5, 0.6) is 0 Å². The minimum atomic E-state index is -0.386. The first-order chi connectivity index (χ1) is 9.44. The van der Waals surface area contributed by atoms with Gasteiger partial charge in [-0.05, 0) is 32.5 Å². The summed E-state index contributed by atoms with van der Waals surface area (Å²) in [5, 5.41) is 0. The van der Waals surface area contributed by atoms with Gasteiger partial charge in [-0.1, -0.05) is 30.3 Å². The number of ether oxygens (including phenoxy) is 1. The van der Waals surface area contributed by atoms with Crippen molar-refractivity contribution in [1.82, 2.24) is 4.90 Å². The van der Waals surface area contributed by atoms with Crippen LogP contribution in [0.2, 0.25) is 0 Å². The molecular weight excluding hydrogens is 269 g/mol. The van der Waals surface area contributed by atoms with Gasteiger partial charge in [0.05, 0.1) is 5.66 Å². The number of rotatable bonds is 3. The molecule has 0 aromatic heterocycles. The number of carbonyl (C=O) groups is 1. The maximum Gasteiger partial charge on any atom is 0.314 e. The van der Waals surface area contributed by atoms with Crippen LogP contribution < -0.4 is 0 Å². The molecule has 20 heavy (non-hydrogen) atoms. The second-order valence-corrected chi connectivity index (χ2v) is 7.87. The second kappa shape index (κ2) is 6.69. The van der Waals surface area contributed by atoms with Crippen molar-refractivity contribution in [2.24, 2.45) is 0 Å². The molecule has 0 spiro atoms. The minimum Gasteiger partial charge on any atom is -0.459 e. The van der Waals surface area contributed by atoms with Crippen molar-refractivity contribution < 1.29 is 9.53 Å². The fourth-order valence-electron chi connectivity index (χ4n) is 2.33. The highest BCUT2D eigenvalue weighted by Gasteiger charge is 2.29. The van der Waals surface area contributed by atoms with Gasteiger partial charge in [0.1, 0.15) is 5.60 Å². The van der Waals surface area contributed by atoms with Crippen molar-refractivity contribution in [2.45, 2.75) is 38.6 Å². The van der Waals surface area contributed by atoms with Gasteiger partial charge in [0.25, 0.3) is 0 Å². The summed E-state index contributed by atoms with van der Waals surface area (Å²) in [6.45, 7) is 8.61. The molecule has 0 amide bonds. The predicted octanol–water partition coefficient (Wildman–Crippen LogP) is 2.89. The molecule has 0 aliphatic carbocycles. The highest BCUT2D eigenvalue weighted by atomic mass is 31.1. The first-order valence-corrected chi connectivity index (χ1v) is 8.45. The van der Waals surface area contributed by atoms with Crippen molar-refractivity contribution in [3.05, 3.63) is 35.9 Å². The van der Waals surface area contributed by atoms with E-state index < -0.39 is 0 Å². The van der Waals surface area contributed by atoms with E-state index in [1.165, 1.54) is 5.56 Å². The molecule has 0 bridgehead atoms. The lowest BCUT2D eigenvalue weighted by Crippen LogP contribution is -2.42. The molecule has 0 N–H and O–H groups in total. The van der Waals surface area contributed by atoms with E-state index >= 15 is 0 Å². The lowest BCUT2D eigenvalue weighted by molar-refractivity contribution is -0.154. The highest BCUT2D eigenvalue weighted by molar-refractivity contribution is 7.40. The lowest BCUT2D eigenvalue weighted by Gasteiger charge is -2.33. The molecule has 1 fully saturated rings. The van der Waals surface area contributed by atoms with Crippen molar-refractivity contribution in [3.8, 4) is 0 Å². The van der Waals surface area contributed by atoms with E-state index in [0.29, 0.717) is 8.58 Å². The zero-order valence-electron chi connectivity index (χ0n) is 12.6. The van der Waals surface area contributed by atoms with E-state index in [1.807, 2.05) is 26.8 Å². The van der Waals surface area contributed by atoms with Crippen LogP contribution in [0.25, 0.3) is 0 Å². The van der Waals surface area contributed by atoms with Gasteiger partial charge in [-0.2, -0.15) is 0 Å². The van der Waals surface area contributed by atoms with Crippen LogP contribution in [-0.4, -0.2) is 41.4 Å². The third-order valence-corrected chi connectivity index (χ3v) is 4.62. The van der Waals surface area contributed by atoms with Crippen molar-refractivity contribution >= 4 is 14.6 Å². The van der Waals surface area contributed by atoms with E-state index in [0.717, 1.165) is 25.8 Å². The molecule has 0 radical (unpaired) electrons. The standard InChI is InChI=1S/C16H24NO2P/c1-16(2,3)19-15(18)14-12-17(9-10-20-14)11-13-7-5-4-6-8-13/h4-8,14,20H,9-12H2,1-3H3. The Balaban J connectivity index is 1.90. The number of benzene rings is 1. The fraction of sp³-hybridized carbons (Fsp3) is 0.562. The molecule has 1 aliphatic heterocycles. The van der Waals surface area contributed by atoms with E-state index in [-0.39, 0.29) is 17.2 Å². The Labute approximate surface area is 123 Å². The van der Waals surface area contributed by atoms with Gasteiger partial charge in [0, 0.05) is 19.6 Å². The topological polar surface area (TPSA) is 29.5 Å². The zero-order chi connectivity index (χ0) is 14.6. The minimum absolute atomic E-state index is 0.0337. The van der Waals surface area contributed by atoms with Gasteiger partial charge in [-0.15, -0.1) is 8.58 Å². The fourth-order valence-corrected chi connectivity index (χ4v) is 3.73. The largest absolute Gasteiger partial charge is 0.459 e. The number of esters is 1. The van der Waals surface area contributed by atoms with Gasteiger partial charge < -0.3 is 4.74 Å². The normalized spacial score (nSPS) is 21.9. The molecule has 0 saturated carbocycles.